The van der Waals surface area contributed by atoms with Crippen LogP contribution in [0.5, 0.6) is 5.75 Å². The van der Waals surface area contributed by atoms with Crippen molar-refractivity contribution in [2.45, 2.75) is 19.9 Å². The summed E-state index contributed by atoms with van der Waals surface area (Å²) in [5.74, 6) is 0.967. The highest BCUT2D eigenvalue weighted by Gasteiger charge is 1.99. The Balaban J connectivity index is 2.36. The van der Waals surface area contributed by atoms with E-state index in [4.69, 9.17) is 4.74 Å². The fourth-order valence-corrected chi connectivity index (χ4v) is 1.60. The molecule has 3 heteroatoms. The van der Waals surface area contributed by atoms with Gasteiger partial charge in [0.25, 0.3) is 0 Å². The third kappa shape index (κ3) is 4.21. The van der Waals surface area contributed by atoms with E-state index in [1.54, 1.807) is 7.11 Å². The number of hydrogen-bond acceptors (Lipinski definition) is 3. The minimum absolute atomic E-state index is 0.903. The summed E-state index contributed by atoms with van der Waals surface area (Å²) in [5, 5.41) is 6.54. The van der Waals surface area contributed by atoms with Crippen molar-refractivity contribution in [3.63, 3.8) is 0 Å². The second-order valence-electron chi connectivity index (χ2n) is 3.94. The van der Waals surface area contributed by atoms with Gasteiger partial charge in [0.2, 0.25) is 0 Å². The number of rotatable bonds is 7. The summed E-state index contributed by atoms with van der Waals surface area (Å²) in [6.45, 7) is 5.06. The molecule has 0 bridgehead atoms. The van der Waals surface area contributed by atoms with Crippen molar-refractivity contribution in [3.8, 4) is 5.75 Å². The van der Waals surface area contributed by atoms with Crippen LogP contribution in [0.1, 0.15) is 17.5 Å². The van der Waals surface area contributed by atoms with Gasteiger partial charge in [-0.15, -0.1) is 0 Å². The standard InChI is InChI=1S/C13H22N2O/c1-11-5-6-12(9-13(11)16-3)10-15-8-4-7-14-2/h5-6,9,14-15H,4,7-8,10H2,1-3H3. The third-order valence-corrected chi connectivity index (χ3v) is 2.58. The molecule has 0 saturated carbocycles. The van der Waals surface area contributed by atoms with Crippen molar-refractivity contribution in [2.75, 3.05) is 27.2 Å². The van der Waals surface area contributed by atoms with Crippen LogP contribution in [0.15, 0.2) is 18.2 Å². The lowest BCUT2D eigenvalue weighted by molar-refractivity contribution is 0.411. The predicted octanol–water partition coefficient (Wildman–Crippen LogP) is 1.70. The van der Waals surface area contributed by atoms with E-state index in [0.717, 1.165) is 31.8 Å². The first-order valence-corrected chi connectivity index (χ1v) is 5.76. The Labute approximate surface area is 98.2 Å². The third-order valence-electron chi connectivity index (χ3n) is 2.58. The molecule has 0 saturated heterocycles. The fraction of sp³-hybridized carbons (Fsp3) is 0.538. The number of aryl methyl sites for hydroxylation is 1. The van der Waals surface area contributed by atoms with E-state index in [9.17, 15) is 0 Å². The molecule has 16 heavy (non-hydrogen) atoms. The van der Waals surface area contributed by atoms with Crippen molar-refractivity contribution < 1.29 is 4.74 Å². The quantitative estimate of drug-likeness (QED) is 0.689. The number of nitrogens with one attached hydrogen (secondary N) is 2. The molecule has 0 atom stereocenters. The lowest BCUT2D eigenvalue weighted by Gasteiger charge is -2.08. The summed E-state index contributed by atoms with van der Waals surface area (Å²) >= 11 is 0. The van der Waals surface area contributed by atoms with Gasteiger partial charge in [-0.3, -0.25) is 0 Å². The molecule has 0 radical (unpaired) electrons. The lowest BCUT2D eigenvalue weighted by atomic mass is 10.1. The lowest BCUT2D eigenvalue weighted by Crippen LogP contribution is -2.19. The van der Waals surface area contributed by atoms with Crippen LogP contribution in [-0.4, -0.2) is 27.2 Å². The maximum atomic E-state index is 5.29. The number of hydrogen-bond donors (Lipinski definition) is 2. The highest BCUT2D eigenvalue weighted by molar-refractivity contribution is 5.36. The second-order valence-corrected chi connectivity index (χ2v) is 3.94. The van der Waals surface area contributed by atoms with Crippen molar-refractivity contribution in [2.24, 2.45) is 0 Å². The Hall–Kier alpha value is -1.06. The summed E-state index contributed by atoms with van der Waals surface area (Å²) < 4.78 is 5.29. The second kappa shape index (κ2) is 7.25. The van der Waals surface area contributed by atoms with Crippen LogP contribution in [-0.2, 0) is 6.54 Å². The van der Waals surface area contributed by atoms with Crippen molar-refractivity contribution >= 4 is 0 Å². The molecular formula is C13H22N2O. The number of methoxy groups -OCH3 is 1. The van der Waals surface area contributed by atoms with Gasteiger partial charge in [0.1, 0.15) is 5.75 Å². The van der Waals surface area contributed by atoms with Crippen LogP contribution in [0.2, 0.25) is 0 Å². The molecule has 0 aliphatic heterocycles. The first kappa shape index (κ1) is 13.0. The van der Waals surface area contributed by atoms with Gasteiger partial charge in [0.15, 0.2) is 0 Å². The molecule has 90 valence electrons. The molecule has 0 aromatic heterocycles. The van der Waals surface area contributed by atoms with Crippen LogP contribution in [0.3, 0.4) is 0 Å². The molecule has 0 heterocycles. The predicted molar refractivity (Wildman–Crippen MR) is 68.0 cm³/mol. The first-order chi connectivity index (χ1) is 7.77. The van der Waals surface area contributed by atoms with Gasteiger partial charge < -0.3 is 15.4 Å². The Bertz CT molecular complexity index is 313. The van der Waals surface area contributed by atoms with Crippen LogP contribution in [0, 0.1) is 6.92 Å². The van der Waals surface area contributed by atoms with Gasteiger partial charge in [-0.1, -0.05) is 12.1 Å². The molecule has 0 amide bonds. The Morgan fingerprint density at radius 1 is 1.25 bits per heavy atom. The summed E-state index contributed by atoms with van der Waals surface area (Å²) in [5.41, 5.74) is 2.45. The fourth-order valence-electron chi connectivity index (χ4n) is 1.60. The highest BCUT2D eigenvalue weighted by atomic mass is 16.5. The zero-order valence-electron chi connectivity index (χ0n) is 10.5. The summed E-state index contributed by atoms with van der Waals surface area (Å²) in [4.78, 5) is 0. The zero-order valence-corrected chi connectivity index (χ0v) is 10.5. The minimum atomic E-state index is 0.903. The summed E-state index contributed by atoms with van der Waals surface area (Å²) in [6, 6.07) is 6.34. The van der Waals surface area contributed by atoms with Crippen molar-refractivity contribution in [3.05, 3.63) is 29.3 Å². The maximum absolute atomic E-state index is 5.29. The van der Waals surface area contributed by atoms with Crippen molar-refractivity contribution in [1.29, 1.82) is 0 Å². The average Bonchev–Trinajstić information content (AvgIpc) is 2.31. The molecule has 1 aromatic carbocycles. The van der Waals surface area contributed by atoms with Crippen LogP contribution in [0.4, 0.5) is 0 Å². The van der Waals surface area contributed by atoms with Crippen LogP contribution < -0.4 is 15.4 Å². The van der Waals surface area contributed by atoms with E-state index in [1.807, 2.05) is 7.05 Å². The Kier molecular flexibility index (Phi) is 5.90. The van der Waals surface area contributed by atoms with E-state index in [-0.39, 0.29) is 0 Å². The Morgan fingerprint density at radius 3 is 2.75 bits per heavy atom. The smallest absolute Gasteiger partial charge is 0.122 e. The zero-order chi connectivity index (χ0) is 11.8. The minimum Gasteiger partial charge on any atom is -0.496 e. The molecule has 1 aromatic rings. The SMILES string of the molecule is CNCCCNCc1ccc(C)c(OC)c1. The van der Waals surface area contributed by atoms with E-state index < -0.39 is 0 Å². The molecule has 0 aliphatic rings. The Morgan fingerprint density at radius 2 is 2.06 bits per heavy atom. The van der Waals surface area contributed by atoms with Gasteiger partial charge in [0.05, 0.1) is 7.11 Å². The van der Waals surface area contributed by atoms with Crippen LogP contribution in [0.25, 0.3) is 0 Å². The van der Waals surface area contributed by atoms with Gasteiger partial charge in [-0.2, -0.15) is 0 Å². The van der Waals surface area contributed by atoms with E-state index in [0.29, 0.717) is 0 Å². The van der Waals surface area contributed by atoms with E-state index >= 15 is 0 Å². The molecule has 0 aliphatic carbocycles. The van der Waals surface area contributed by atoms with Gasteiger partial charge >= 0.3 is 0 Å². The topological polar surface area (TPSA) is 33.3 Å². The highest BCUT2D eigenvalue weighted by Crippen LogP contribution is 2.18. The summed E-state index contributed by atoms with van der Waals surface area (Å²) in [7, 11) is 3.69. The molecule has 2 N–H and O–H groups in total. The molecule has 1 rings (SSSR count). The summed E-state index contributed by atoms with van der Waals surface area (Å²) in [6.07, 6.45) is 1.15. The normalized spacial score (nSPS) is 10.4. The molecule has 0 fully saturated rings. The average molecular weight is 222 g/mol. The molecule has 3 nitrogen and oxygen atoms in total. The number of ether oxygens (including phenoxy) is 1. The van der Waals surface area contributed by atoms with E-state index in [1.165, 1.54) is 11.1 Å². The molecular weight excluding hydrogens is 200 g/mol. The van der Waals surface area contributed by atoms with Crippen molar-refractivity contribution in [1.82, 2.24) is 10.6 Å². The van der Waals surface area contributed by atoms with E-state index in [2.05, 4.69) is 35.8 Å². The number of benzene rings is 1. The van der Waals surface area contributed by atoms with Gasteiger partial charge in [-0.05, 0) is 50.7 Å². The largest absolute Gasteiger partial charge is 0.496 e. The van der Waals surface area contributed by atoms with Crippen LogP contribution >= 0.6 is 0 Å². The van der Waals surface area contributed by atoms with Gasteiger partial charge in [0, 0.05) is 6.54 Å². The monoisotopic (exact) mass is 222 g/mol. The van der Waals surface area contributed by atoms with Gasteiger partial charge in [-0.25, -0.2) is 0 Å². The maximum Gasteiger partial charge on any atom is 0.122 e. The first-order valence-electron chi connectivity index (χ1n) is 5.76. The molecule has 0 unspecified atom stereocenters. The molecule has 0 spiro atoms.